The summed E-state index contributed by atoms with van der Waals surface area (Å²) in [4.78, 5) is 34.6. The maximum Gasteiger partial charge on any atom is 0.329 e. The van der Waals surface area contributed by atoms with Gasteiger partial charge in [0.15, 0.2) is 0 Å². The van der Waals surface area contributed by atoms with E-state index in [2.05, 4.69) is 15.3 Å². The molecule has 3 rings (SSSR count). The van der Waals surface area contributed by atoms with Crippen LogP contribution in [0.2, 0.25) is 0 Å². The molecule has 2 heterocycles. The zero-order valence-electron chi connectivity index (χ0n) is 14.1. The average molecular weight is 347 g/mol. The van der Waals surface area contributed by atoms with Crippen molar-refractivity contribution in [2.24, 2.45) is 0 Å². The highest BCUT2D eigenvalue weighted by molar-refractivity contribution is 7.20. The number of carboxylic acid groups (broad SMARTS) is 1. The van der Waals surface area contributed by atoms with Crippen molar-refractivity contribution < 1.29 is 14.7 Å². The minimum Gasteiger partial charge on any atom is -0.480 e. The summed E-state index contributed by atoms with van der Waals surface area (Å²) in [7, 11) is 0. The molecule has 0 aliphatic heterocycles. The Hall–Kier alpha value is -2.02. The molecule has 0 unspecified atom stereocenters. The number of carbonyl (C=O) groups excluding carboxylic acids is 1. The number of hydrogen-bond acceptors (Lipinski definition) is 5. The lowest BCUT2D eigenvalue weighted by Crippen LogP contribution is -2.55. The number of amides is 1. The second-order valence-corrected chi connectivity index (χ2v) is 7.49. The van der Waals surface area contributed by atoms with Gasteiger partial charge in [0.2, 0.25) is 0 Å². The molecule has 24 heavy (non-hydrogen) atoms. The SMILES string of the molecule is Cc1nc(C)c2c(C)c(C(=O)NC3(C(=O)O)CCCCC3)sc2n1. The first-order valence-electron chi connectivity index (χ1n) is 8.14. The number of carbonyl (C=O) groups is 2. The Morgan fingerprint density at radius 1 is 1.12 bits per heavy atom. The van der Waals surface area contributed by atoms with Gasteiger partial charge in [0, 0.05) is 11.1 Å². The second kappa shape index (κ2) is 6.12. The largest absolute Gasteiger partial charge is 0.480 e. The first kappa shape index (κ1) is 16.8. The van der Waals surface area contributed by atoms with E-state index in [-0.39, 0.29) is 5.91 Å². The van der Waals surface area contributed by atoms with E-state index in [1.807, 2.05) is 20.8 Å². The standard InChI is InChI=1S/C17H21N3O3S/c1-9-12-10(2)18-11(3)19-15(12)24-13(9)14(21)20-17(16(22)23)7-5-4-6-8-17/h4-8H2,1-3H3,(H,20,21)(H,22,23). The molecular weight excluding hydrogens is 326 g/mol. The van der Waals surface area contributed by atoms with Crippen molar-refractivity contribution >= 4 is 33.4 Å². The molecule has 2 aromatic heterocycles. The molecule has 0 saturated heterocycles. The van der Waals surface area contributed by atoms with Gasteiger partial charge in [-0.15, -0.1) is 11.3 Å². The van der Waals surface area contributed by atoms with Crippen molar-refractivity contribution in [2.75, 3.05) is 0 Å². The number of carboxylic acids is 1. The van der Waals surface area contributed by atoms with Gasteiger partial charge in [-0.05, 0) is 39.2 Å². The molecule has 0 bridgehead atoms. The van der Waals surface area contributed by atoms with Gasteiger partial charge < -0.3 is 10.4 Å². The third kappa shape index (κ3) is 2.77. The molecule has 1 aliphatic carbocycles. The van der Waals surface area contributed by atoms with E-state index in [4.69, 9.17) is 0 Å². The summed E-state index contributed by atoms with van der Waals surface area (Å²) in [6.07, 6.45) is 3.62. The number of aromatic nitrogens is 2. The Morgan fingerprint density at radius 2 is 1.79 bits per heavy atom. The van der Waals surface area contributed by atoms with E-state index in [0.717, 1.165) is 40.7 Å². The highest BCUT2D eigenvalue weighted by atomic mass is 32.1. The van der Waals surface area contributed by atoms with Gasteiger partial charge in [0.25, 0.3) is 5.91 Å². The molecule has 2 aromatic rings. The number of nitrogens with zero attached hydrogens (tertiary/aromatic N) is 2. The normalized spacial score (nSPS) is 17.0. The van der Waals surface area contributed by atoms with Crippen LogP contribution < -0.4 is 5.32 Å². The van der Waals surface area contributed by atoms with E-state index in [1.165, 1.54) is 11.3 Å². The molecule has 7 heteroatoms. The van der Waals surface area contributed by atoms with Crippen LogP contribution in [0.5, 0.6) is 0 Å². The summed E-state index contributed by atoms with van der Waals surface area (Å²) in [5, 5.41) is 13.3. The molecule has 2 N–H and O–H groups in total. The van der Waals surface area contributed by atoms with Gasteiger partial charge in [-0.2, -0.15) is 0 Å². The van der Waals surface area contributed by atoms with Gasteiger partial charge in [0.05, 0.1) is 4.88 Å². The Bertz CT molecular complexity index is 822. The lowest BCUT2D eigenvalue weighted by atomic mass is 9.81. The Balaban J connectivity index is 1.98. The van der Waals surface area contributed by atoms with Crippen LogP contribution in [0.15, 0.2) is 0 Å². The second-order valence-electron chi connectivity index (χ2n) is 6.49. The molecular formula is C17H21N3O3S. The lowest BCUT2D eigenvalue weighted by Gasteiger charge is -2.33. The first-order valence-corrected chi connectivity index (χ1v) is 8.96. The van der Waals surface area contributed by atoms with Crippen molar-refractivity contribution in [3.63, 3.8) is 0 Å². The number of thiophene rings is 1. The fourth-order valence-electron chi connectivity index (χ4n) is 3.51. The van der Waals surface area contributed by atoms with Gasteiger partial charge in [-0.1, -0.05) is 19.3 Å². The van der Waals surface area contributed by atoms with E-state index in [1.54, 1.807) is 0 Å². The summed E-state index contributed by atoms with van der Waals surface area (Å²) in [6.45, 7) is 5.59. The fourth-order valence-corrected chi connectivity index (χ4v) is 4.68. The molecule has 0 atom stereocenters. The Labute approximate surface area is 144 Å². The lowest BCUT2D eigenvalue weighted by molar-refractivity contribution is -0.145. The van der Waals surface area contributed by atoms with Gasteiger partial charge in [-0.25, -0.2) is 14.8 Å². The van der Waals surface area contributed by atoms with Crippen LogP contribution in [0.25, 0.3) is 10.2 Å². The van der Waals surface area contributed by atoms with Crippen LogP contribution in [-0.2, 0) is 4.79 Å². The van der Waals surface area contributed by atoms with Crippen LogP contribution in [0.4, 0.5) is 0 Å². The van der Waals surface area contributed by atoms with Crippen molar-refractivity contribution in [1.82, 2.24) is 15.3 Å². The third-order valence-corrected chi connectivity index (χ3v) is 5.94. The van der Waals surface area contributed by atoms with Crippen molar-refractivity contribution in [1.29, 1.82) is 0 Å². The zero-order valence-corrected chi connectivity index (χ0v) is 14.9. The molecule has 1 amide bonds. The topological polar surface area (TPSA) is 92.2 Å². The van der Waals surface area contributed by atoms with Crippen molar-refractivity contribution in [3.8, 4) is 0 Å². The smallest absolute Gasteiger partial charge is 0.329 e. The zero-order chi connectivity index (χ0) is 17.5. The van der Waals surface area contributed by atoms with Gasteiger partial charge in [0.1, 0.15) is 16.2 Å². The predicted molar refractivity (Wildman–Crippen MR) is 92.5 cm³/mol. The highest BCUT2D eigenvalue weighted by Gasteiger charge is 2.41. The monoisotopic (exact) mass is 347 g/mol. The highest BCUT2D eigenvalue weighted by Crippen LogP contribution is 2.33. The van der Waals surface area contributed by atoms with Crippen molar-refractivity contribution in [2.45, 2.75) is 58.4 Å². The number of nitrogens with one attached hydrogen (secondary N) is 1. The van der Waals surface area contributed by atoms with Crippen LogP contribution in [0, 0.1) is 20.8 Å². The molecule has 0 aromatic carbocycles. The Kier molecular flexibility index (Phi) is 4.29. The molecule has 0 radical (unpaired) electrons. The van der Waals surface area contributed by atoms with E-state index in [9.17, 15) is 14.7 Å². The number of fused-ring (bicyclic) bond motifs is 1. The third-order valence-electron chi connectivity index (χ3n) is 4.76. The summed E-state index contributed by atoms with van der Waals surface area (Å²) < 4.78 is 0. The summed E-state index contributed by atoms with van der Waals surface area (Å²) >= 11 is 1.30. The molecule has 1 saturated carbocycles. The minimum absolute atomic E-state index is 0.322. The molecule has 0 spiro atoms. The average Bonchev–Trinajstić information content (AvgIpc) is 2.85. The van der Waals surface area contributed by atoms with E-state index in [0.29, 0.717) is 23.5 Å². The van der Waals surface area contributed by atoms with Crippen LogP contribution in [0.3, 0.4) is 0 Å². The van der Waals surface area contributed by atoms with Crippen molar-refractivity contribution in [3.05, 3.63) is 22.0 Å². The quantitative estimate of drug-likeness (QED) is 0.890. The van der Waals surface area contributed by atoms with Crippen LogP contribution in [-0.4, -0.2) is 32.5 Å². The minimum atomic E-state index is -1.14. The molecule has 1 aliphatic rings. The summed E-state index contributed by atoms with van der Waals surface area (Å²) in [5.74, 6) is -0.597. The maximum atomic E-state index is 12.8. The first-order chi connectivity index (χ1) is 11.3. The van der Waals surface area contributed by atoms with E-state index < -0.39 is 11.5 Å². The number of rotatable bonds is 3. The van der Waals surface area contributed by atoms with Gasteiger partial charge >= 0.3 is 5.97 Å². The summed E-state index contributed by atoms with van der Waals surface area (Å²) in [6, 6.07) is 0. The molecule has 1 fully saturated rings. The Morgan fingerprint density at radius 3 is 2.42 bits per heavy atom. The van der Waals surface area contributed by atoms with Crippen LogP contribution >= 0.6 is 11.3 Å². The molecule has 6 nitrogen and oxygen atoms in total. The summed E-state index contributed by atoms with van der Waals surface area (Å²) in [5.41, 5.74) is 0.520. The number of aryl methyl sites for hydroxylation is 3. The molecule has 128 valence electrons. The van der Waals surface area contributed by atoms with Crippen LogP contribution in [0.1, 0.15) is 58.9 Å². The number of hydrogen-bond donors (Lipinski definition) is 2. The fraction of sp³-hybridized carbons (Fsp3) is 0.529. The predicted octanol–water partition coefficient (Wildman–Crippen LogP) is 3.13. The maximum absolute atomic E-state index is 12.8. The van der Waals surface area contributed by atoms with Gasteiger partial charge in [-0.3, -0.25) is 4.79 Å². The van der Waals surface area contributed by atoms with E-state index >= 15 is 0 Å². The number of aliphatic carboxylic acids is 1.